The quantitative estimate of drug-likeness (QED) is 0.737. The second kappa shape index (κ2) is 6.37. The minimum Gasteiger partial charge on any atom is -0.444 e. The molecule has 134 valence electrons. The molecule has 2 heterocycles. The third kappa shape index (κ3) is 3.57. The molecule has 0 aromatic rings. The summed E-state index contributed by atoms with van der Waals surface area (Å²) in [5.74, 6) is 0.287. The van der Waals surface area contributed by atoms with Gasteiger partial charge in [-0.15, -0.1) is 0 Å². The summed E-state index contributed by atoms with van der Waals surface area (Å²) >= 11 is 0. The number of amides is 2. The van der Waals surface area contributed by atoms with E-state index < -0.39 is 5.60 Å². The van der Waals surface area contributed by atoms with Crippen LogP contribution in [0.25, 0.3) is 0 Å². The van der Waals surface area contributed by atoms with Crippen molar-refractivity contribution in [1.29, 1.82) is 0 Å². The van der Waals surface area contributed by atoms with E-state index >= 15 is 0 Å². The summed E-state index contributed by atoms with van der Waals surface area (Å²) in [4.78, 5) is 28.1. The minimum atomic E-state index is -0.503. The number of allylic oxidation sites excluding steroid dienone is 1. The van der Waals surface area contributed by atoms with Crippen molar-refractivity contribution in [3.05, 3.63) is 11.9 Å². The second-order valence-corrected chi connectivity index (χ2v) is 8.11. The number of rotatable bonds is 1. The number of likely N-dealkylation sites (tertiary alicyclic amines) is 2. The number of piperidine rings is 1. The standard InChI is InChI=1S/C18H27FN2O3/c1-18(2,3)24-17(23)20-8-6-14(7-9-20)21-15-11-13(19)5-4-12(15)10-16(21)22/h11-12,14-15H,4-10H2,1-3H3. The fourth-order valence-electron chi connectivity index (χ4n) is 4.03. The molecule has 0 aromatic heterocycles. The summed E-state index contributed by atoms with van der Waals surface area (Å²) in [5.41, 5.74) is -0.503. The van der Waals surface area contributed by atoms with Crippen LogP contribution in [0.5, 0.6) is 0 Å². The molecule has 0 bridgehead atoms. The molecular formula is C18H27FN2O3. The van der Waals surface area contributed by atoms with E-state index in [1.54, 1.807) is 11.0 Å². The molecule has 3 rings (SSSR count). The van der Waals surface area contributed by atoms with E-state index in [0.29, 0.717) is 25.9 Å². The van der Waals surface area contributed by atoms with Crippen molar-refractivity contribution < 1.29 is 18.7 Å². The number of hydrogen-bond donors (Lipinski definition) is 0. The average Bonchev–Trinajstić information content (AvgIpc) is 2.81. The average molecular weight is 338 g/mol. The van der Waals surface area contributed by atoms with Gasteiger partial charge in [-0.25, -0.2) is 9.18 Å². The predicted molar refractivity (Wildman–Crippen MR) is 88.0 cm³/mol. The highest BCUT2D eigenvalue weighted by atomic mass is 19.1. The van der Waals surface area contributed by atoms with Gasteiger partial charge >= 0.3 is 6.09 Å². The molecule has 6 heteroatoms. The molecule has 5 nitrogen and oxygen atoms in total. The Kier molecular flexibility index (Phi) is 4.58. The molecule has 2 aliphatic heterocycles. The first-order valence-electron chi connectivity index (χ1n) is 8.90. The summed E-state index contributed by atoms with van der Waals surface area (Å²) in [6, 6.07) is -0.00216. The second-order valence-electron chi connectivity index (χ2n) is 8.11. The van der Waals surface area contributed by atoms with Gasteiger partial charge in [-0.1, -0.05) is 0 Å². The Hall–Kier alpha value is -1.59. The monoisotopic (exact) mass is 338 g/mol. The van der Waals surface area contributed by atoms with Crippen LogP contribution in [-0.4, -0.2) is 52.6 Å². The Bertz CT molecular complexity index is 547. The largest absolute Gasteiger partial charge is 0.444 e. The van der Waals surface area contributed by atoms with Crippen LogP contribution in [0.1, 0.15) is 52.9 Å². The normalized spacial score (nSPS) is 28.7. The zero-order valence-corrected chi connectivity index (χ0v) is 14.8. The van der Waals surface area contributed by atoms with Crippen LogP contribution in [0.4, 0.5) is 9.18 Å². The number of hydrogen-bond acceptors (Lipinski definition) is 3. The lowest BCUT2D eigenvalue weighted by molar-refractivity contribution is -0.131. The van der Waals surface area contributed by atoms with Crippen LogP contribution in [0.2, 0.25) is 0 Å². The molecule has 0 spiro atoms. The highest BCUT2D eigenvalue weighted by Crippen LogP contribution is 2.39. The van der Waals surface area contributed by atoms with Gasteiger partial charge < -0.3 is 14.5 Å². The van der Waals surface area contributed by atoms with Crippen molar-refractivity contribution >= 4 is 12.0 Å². The molecule has 3 aliphatic rings. The van der Waals surface area contributed by atoms with Gasteiger partial charge in [0.15, 0.2) is 0 Å². The lowest BCUT2D eigenvalue weighted by atomic mass is 9.89. The van der Waals surface area contributed by atoms with Gasteiger partial charge in [0, 0.05) is 25.6 Å². The molecule has 0 N–H and O–H groups in total. The molecule has 0 radical (unpaired) electrons. The molecule has 0 saturated carbocycles. The topological polar surface area (TPSA) is 49.9 Å². The van der Waals surface area contributed by atoms with Gasteiger partial charge in [0.25, 0.3) is 0 Å². The van der Waals surface area contributed by atoms with Crippen LogP contribution in [-0.2, 0) is 9.53 Å². The first-order valence-corrected chi connectivity index (χ1v) is 8.90. The highest BCUT2D eigenvalue weighted by molar-refractivity contribution is 5.80. The first kappa shape index (κ1) is 17.2. The summed E-state index contributed by atoms with van der Waals surface area (Å²) in [6.45, 7) is 6.71. The van der Waals surface area contributed by atoms with Gasteiger partial charge in [-0.05, 0) is 58.4 Å². The SMILES string of the molecule is CC(C)(C)OC(=O)N1CCC(N2C(=O)CC3CCC(F)=CC32)CC1. The van der Waals surface area contributed by atoms with E-state index in [2.05, 4.69) is 0 Å². The van der Waals surface area contributed by atoms with Gasteiger partial charge in [0.2, 0.25) is 5.91 Å². The molecule has 24 heavy (non-hydrogen) atoms. The van der Waals surface area contributed by atoms with E-state index in [4.69, 9.17) is 4.74 Å². The maximum Gasteiger partial charge on any atom is 0.410 e. The number of nitrogens with zero attached hydrogens (tertiary/aromatic N) is 2. The Labute approximate surface area is 142 Å². The van der Waals surface area contributed by atoms with E-state index in [1.165, 1.54) is 0 Å². The molecule has 2 amide bonds. The number of carbonyl (C=O) groups excluding carboxylic acids is 2. The van der Waals surface area contributed by atoms with Gasteiger partial charge in [0.1, 0.15) is 5.60 Å². The van der Waals surface area contributed by atoms with E-state index in [-0.39, 0.29) is 35.8 Å². The lowest BCUT2D eigenvalue weighted by Gasteiger charge is -2.40. The highest BCUT2D eigenvalue weighted by Gasteiger charge is 2.44. The Morgan fingerprint density at radius 2 is 1.92 bits per heavy atom. The van der Waals surface area contributed by atoms with Crippen LogP contribution in [0.15, 0.2) is 11.9 Å². The van der Waals surface area contributed by atoms with Crippen molar-refractivity contribution in [3.8, 4) is 0 Å². The lowest BCUT2D eigenvalue weighted by Crippen LogP contribution is -2.50. The maximum absolute atomic E-state index is 13.7. The van der Waals surface area contributed by atoms with Gasteiger partial charge in [-0.3, -0.25) is 4.79 Å². The molecule has 2 unspecified atom stereocenters. The zero-order valence-electron chi connectivity index (χ0n) is 14.8. The summed E-state index contributed by atoms with van der Waals surface area (Å²) in [7, 11) is 0. The van der Waals surface area contributed by atoms with Crippen LogP contribution < -0.4 is 0 Å². The predicted octanol–water partition coefficient (Wildman–Crippen LogP) is 3.25. The van der Waals surface area contributed by atoms with E-state index in [9.17, 15) is 14.0 Å². The zero-order chi connectivity index (χ0) is 17.5. The van der Waals surface area contributed by atoms with Crippen molar-refractivity contribution in [3.63, 3.8) is 0 Å². The maximum atomic E-state index is 13.7. The first-order chi connectivity index (χ1) is 11.2. The molecular weight excluding hydrogens is 311 g/mol. The van der Waals surface area contributed by atoms with Crippen LogP contribution in [0, 0.1) is 5.92 Å². The molecule has 0 aromatic carbocycles. The fraction of sp³-hybridized carbons (Fsp3) is 0.778. The van der Waals surface area contributed by atoms with E-state index in [1.807, 2.05) is 25.7 Å². The summed E-state index contributed by atoms with van der Waals surface area (Å²) in [5, 5.41) is 0. The molecule has 2 atom stereocenters. The van der Waals surface area contributed by atoms with Crippen molar-refractivity contribution in [2.24, 2.45) is 5.92 Å². The number of fused-ring (bicyclic) bond motifs is 1. The van der Waals surface area contributed by atoms with Gasteiger partial charge in [0.05, 0.1) is 11.9 Å². The van der Waals surface area contributed by atoms with Crippen molar-refractivity contribution in [2.45, 2.75) is 70.6 Å². The Morgan fingerprint density at radius 1 is 1.25 bits per heavy atom. The number of carbonyl (C=O) groups is 2. The summed E-state index contributed by atoms with van der Waals surface area (Å²) in [6.07, 6.45) is 4.54. The van der Waals surface area contributed by atoms with E-state index in [0.717, 1.165) is 19.3 Å². The third-order valence-corrected chi connectivity index (χ3v) is 5.14. The number of halogens is 1. The third-order valence-electron chi connectivity index (χ3n) is 5.14. The molecule has 2 fully saturated rings. The minimum absolute atomic E-state index is 0.0911. The molecule has 1 aliphatic carbocycles. The van der Waals surface area contributed by atoms with Crippen molar-refractivity contribution in [2.75, 3.05) is 13.1 Å². The van der Waals surface area contributed by atoms with Crippen LogP contribution in [0.3, 0.4) is 0 Å². The molecule has 2 saturated heterocycles. The fourth-order valence-corrected chi connectivity index (χ4v) is 4.03. The van der Waals surface area contributed by atoms with Crippen LogP contribution >= 0.6 is 0 Å². The smallest absolute Gasteiger partial charge is 0.410 e. The van der Waals surface area contributed by atoms with Gasteiger partial charge in [-0.2, -0.15) is 0 Å². The van der Waals surface area contributed by atoms with Crippen molar-refractivity contribution in [1.82, 2.24) is 9.80 Å². The number of ether oxygens (including phenoxy) is 1. The Morgan fingerprint density at radius 3 is 2.54 bits per heavy atom. The summed E-state index contributed by atoms with van der Waals surface area (Å²) < 4.78 is 19.1. The Balaban J connectivity index is 1.61.